The number of benzene rings is 3. The number of fused-ring (bicyclic) bond motifs is 3. The predicted molar refractivity (Wildman–Crippen MR) is 128 cm³/mol. The number of hydrogen-bond acceptors (Lipinski definition) is 1. The lowest BCUT2D eigenvalue weighted by Crippen LogP contribution is -2.42. The van der Waals surface area contributed by atoms with Gasteiger partial charge in [0.1, 0.15) is 6.04 Å². The van der Waals surface area contributed by atoms with Crippen molar-refractivity contribution in [1.29, 1.82) is 0 Å². The molecule has 1 aliphatic heterocycles. The Morgan fingerprint density at radius 3 is 2.50 bits per heavy atom. The van der Waals surface area contributed by atoms with Gasteiger partial charge in [0.05, 0.1) is 17.9 Å². The van der Waals surface area contributed by atoms with E-state index in [4.69, 9.17) is 11.6 Å². The minimum atomic E-state index is -0.303. The van der Waals surface area contributed by atoms with Gasteiger partial charge in [0.25, 0.3) is 0 Å². The molecule has 4 nitrogen and oxygen atoms in total. The molecule has 3 aromatic carbocycles. The smallest absolute Gasteiger partial charge is 0.318 e. The average molecular weight is 442 g/mol. The van der Waals surface area contributed by atoms with Crippen LogP contribution in [0.1, 0.15) is 28.4 Å². The Bertz CT molecular complexity index is 1230. The maximum atomic E-state index is 13.5. The second-order valence-corrected chi connectivity index (χ2v) is 8.36. The Morgan fingerprint density at radius 1 is 0.906 bits per heavy atom. The summed E-state index contributed by atoms with van der Waals surface area (Å²) in [5, 5.41) is 3.79. The number of amides is 2. The van der Waals surface area contributed by atoms with Crippen molar-refractivity contribution in [3.8, 4) is 5.69 Å². The summed E-state index contributed by atoms with van der Waals surface area (Å²) >= 11 is 6.64. The summed E-state index contributed by atoms with van der Waals surface area (Å²) < 4.78 is 2.17. The predicted octanol–water partition coefficient (Wildman–Crippen LogP) is 5.99. The van der Waals surface area contributed by atoms with E-state index in [9.17, 15) is 4.79 Å². The first-order valence-electron chi connectivity index (χ1n) is 10.8. The summed E-state index contributed by atoms with van der Waals surface area (Å²) in [6, 6.07) is 29.9. The average Bonchev–Trinajstić information content (AvgIpc) is 3.25. The van der Waals surface area contributed by atoms with E-state index in [1.165, 1.54) is 5.56 Å². The molecule has 2 amide bonds. The molecule has 1 N–H and O–H groups in total. The van der Waals surface area contributed by atoms with Crippen LogP contribution in [0.2, 0.25) is 5.02 Å². The van der Waals surface area contributed by atoms with Crippen molar-refractivity contribution < 1.29 is 4.79 Å². The molecule has 4 aromatic rings. The van der Waals surface area contributed by atoms with Crippen molar-refractivity contribution in [2.24, 2.45) is 0 Å². The van der Waals surface area contributed by atoms with Crippen LogP contribution in [0.3, 0.4) is 0 Å². The number of nitrogens with zero attached hydrogens (tertiary/aromatic N) is 2. The summed E-state index contributed by atoms with van der Waals surface area (Å²) in [4.78, 5) is 15.4. The molecule has 2 heterocycles. The standard InChI is InChI=1S/C27H24ClN3O/c28-23-13-6-5-12-22(23)26-25-15-8-18-30(25)24-14-7-4-11-21(24)19-31(26)27(32)29-17-16-20-9-2-1-3-10-20/h1-15,18,26H,16-17,19H2,(H,29,32). The van der Waals surface area contributed by atoms with Crippen LogP contribution in [0.25, 0.3) is 5.69 Å². The van der Waals surface area contributed by atoms with Crippen LogP contribution in [-0.4, -0.2) is 22.0 Å². The van der Waals surface area contributed by atoms with Crippen molar-refractivity contribution >= 4 is 17.6 Å². The molecular formula is C27H24ClN3O. The van der Waals surface area contributed by atoms with Crippen LogP contribution >= 0.6 is 11.6 Å². The third-order valence-electron chi connectivity index (χ3n) is 5.96. The normalized spacial score (nSPS) is 14.9. The number of aromatic nitrogens is 1. The van der Waals surface area contributed by atoms with Crippen LogP contribution in [0.4, 0.5) is 4.79 Å². The van der Waals surface area contributed by atoms with Crippen LogP contribution < -0.4 is 5.32 Å². The third-order valence-corrected chi connectivity index (χ3v) is 6.30. The minimum Gasteiger partial charge on any atom is -0.338 e. The monoisotopic (exact) mass is 441 g/mol. The van der Waals surface area contributed by atoms with E-state index in [2.05, 4.69) is 46.4 Å². The topological polar surface area (TPSA) is 37.3 Å². The first-order chi connectivity index (χ1) is 15.7. The second kappa shape index (κ2) is 8.93. The Hall–Kier alpha value is -3.50. The molecular weight excluding hydrogens is 418 g/mol. The maximum Gasteiger partial charge on any atom is 0.318 e. The molecule has 1 aromatic heterocycles. The summed E-state index contributed by atoms with van der Waals surface area (Å²) in [6.45, 7) is 1.06. The maximum absolute atomic E-state index is 13.5. The molecule has 0 saturated heterocycles. The highest BCUT2D eigenvalue weighted by molar-refractivity contribution is 6.31. The lowest BCUT2D eigenvalue weighted by molar-refractivity contribution is 0.181. The van der Waals surface area contributed by atoms with Gasteiger partial charge in [-0.2, -0.15) is 0 Å². The quantitative estimate of drug-likeness (QED) is 0.415. The summed E-state index contributed by atoms with van der Waals surface area (Å²) in [5.74, 6) is 0. The van der Waals surface area contributed by atoms with Crippen LogP contribution in [0.5, 0.6) is 0 Å². The van der Waals surface area contributed by atoms with Gasteiger partial charge in [-0.15, -0.1) is 0 Å². The number of rotatable bonds is 4. The Morgan fingerprint density at radius 2 is 1.66 bits per heavy atom. The zero-order valence-electron chi connectivity index (χ0n) is 17.6. The molecule has 1 unspecified atom stereocenters. The van der Waals surface area contributed by atoms with E-state index >= 15 is 0 Å². The zero-order valence-corrected chi connectivity index (χ0v) is 18.4. The number of para-hydroxylation sites is 1. The van der Waals surface area contributed by atoms with Gasteiger partial charge in [-0.05, 0) is 47.4 Å². The van der Waals surface area contributed by atoms with E-state index < -0.39 is 0 Å². The molecule has 0 bridgehead atoms. The summed E-state index contributed by atoms with van der Waals surface area (Å²) in [5.41, 5.74) is 5.31. The van der Waals surface area contributed by atoms with Gasteiger partial charge in [0.2, 0.25) is 0 Å². The number of carbonyl (C=O) groups excluding carboxylic acids is 1. The first-order valence-corrected chi connectivity index (χ1v) is 11.2. The molecule has 160 valence electrons. The Balaban J connectivity index is 1.51. The Kier molecular flexibility index (Phi) is 5.70. The highest BCUT2D eigenvalue weighted by Crippen LogP contribution is 2.38. The molecule has 1 atom stereocenters. The fourth-order valence-electron chi connectivity index (χ4n) is 4.42. The number of nitrogens with one attached hydrogen (secondary N) is 1. The second-order valence-electron chi connectivity index (χ2n) is 7.95. The third kappa shape index (κ3) is 3.90. The van der Waals surface area contributed by atoms with Gasteiger partial charge < -0.3 is 14.8 Å². The van der Waals surface area contributed by atoms with Gasteiger partial charge in [-0.1, -0.05) is 78.3 Å². The fraction of sp³-hybridized carbons (Fsp3) is 0.148. The van der Waals surface area contributed by atoms with Crippen LogP contribution in [0.15, 0.2) is 97.2 Å². The SMILES string of the molecule is O=C(NCCc1ccccc1)N1Cc2ccccc2-n2cccc2C1c1ccccc1Cl. The molecule has 1 aliphatic rings. The molecule has 0 fully saturated rings. The zero-order chi connectivity index (χ0) is 21.9. The summed E-state index contributed by atoms with van der Waals surface area (Å²) in [7, 11) is 0. The largest absolute Gasteiger partial charge is 0.338 e. The lowest BCUT2D eigenvalue weighted by Gasteiger charge is -2.31. The lowest BCUT2D eigenvalue weighted by atomic mass is 10.0. The first kappa shape index (κ1) is 20.4. The van der Waals surface area contributed by atoms with E-state index in [1.54, 1.807) is 0 Å². The van der Waals surface area contributed by atoms with Crippen molar-refractivity contribution in [2.75, 3.05) is 6.54 Å². The number of hydrogen-bond donors (Lipinski definition) is 1. The fourth-order valence-corrected chi connectivity index (χ4v) is 4.66. The van der Waals surface area contributed by atoms with Crippen LogP contribution in [-0.2, 0) is 13.0 Å². The molecule has 5 rings (SSSR count). The Labute approximate surface area is 193 Å². The molecule has 0 spiro atoms. The van der Waals surface area contributed by atoms with Crippen molar-refractivity contribution in [1.82, 2.24) is 14.8 Å². The number of carbonyl (C=O) groups is 1. The van der Waals surface area contributed by atoms with Crippen molar-refractivity contribution in [3.63, 3.8) is 0 Å². The van der Waals surface area contributed by atoms with E-state index in [1.807, 2.05) is 65.6 Å². The highest BCUT2D eigenvalue weighted by Gasteiger charge is 2.33. The van der Waals surface area contributed by atoms with Crippen molar-refractivity contribution in [3.05, 3.63) is 125 Å². The molecule has 0 radical (unpaired) electrons. The van der Waals surface area contributed by atoms with E-state index in [0.717, 1.165) is 28.9 Å². The van der Waals surface area contributed by atoms with Crippen LogP contribution in [0, 0.1) is 0 Å². The van der Waals surface area contributed by atoms with Gasteiger partial charge in [-0.3, -0.25) is 0 Å². The molecule has 0 saturated carbocycles. The van der Waals surface area contributed by atoms with Gasteiger partial charge >= 0.3 is 6.03 Å². The minimum absolute atomic E-state index is 0.102. The number of halogens is 1. The van der Waals surface area contributed by atoms with Gasteiger partial charge in [0, 0.05) is 17.8 Å². The molecule has 32 heavy (non-hydrogen) atoms. The molecule has 5 heteroatoms. The van der Waals surface area contributed by atoms with Gasteiger partial charge in [-0.25, -0.2) is 4.79 Å². The van der Waals surface area contributed by atoms with E-state index in [-0.39, 0.29) is 12.1 Å². The van der Waals surface area contributed by atoms with Gasteiger partial charge in [0.15, 0.2) is 0 Å². The highest BCUT2D eigenvalue weighted by atomic mass is 35.5. The number of urea groups is 1. The van der Waals surface area contributed by atoms with E-state index in [0.29, 0.717) is 18.1 Å². The summed E-state index contributed by atoms with van der Waals surface area (Å²) in [6.07, 6.45) is 2.83. The van der Waals surface area contributed by atoms with Crippen molar-refractivity contribution in [2.45, 2.75) is 19.0 Å². The molecule has 0 aliphatic carbocycles.